The standard InChI is InChI=1S/C33H29FN2O3/c1-23(2)35-29(22-30(37)24-18-20-28(34)21-19-24)31(38)36(32(35)39)33(25-12-6-3-7-13-25,26-14-8-4-9-15-26)27-16-10-5-11-17-27/h3-21,23,29H,22H2,1-2H3. The van der Waals surface area contributed by atoms with Crippen molar-refractivity contribution in [1.29, 1.82) is 0 Å². The molecular weight excluding hydrogens is 491 g/mol. The fourth-order valence-corrected chi connectivity index (χ4v) is 5.54. The SMILES string of the molecule is CC(C)N1C(=O)N(C(c2ccccc2)(c2ccccc2)c2ccccc2)C(=O)C1CC(=O)c1ccc(F)cc1. The number of imide groups is 1. The average Bonchev–Trinajstić information content (AvgIpc) is 3.21. The summed E-state index contributed by atoms with van der Waals surface area (Å²) in [6, 6.07) is 31.9. The van der Waals surface area contributed by atoms with Gasteiger partial charge in [-0.2, -0.15) is 0 Å². The highest BCUT2D eigenvalue weighted by molar-refractivity contribution is 6.09. The van der Waals surface area contributed by atoms with Crippen LogP contribution in [0.1, 0.15) is 47.3 Å². The van der Waals surface area contributed by atoms with Gasteiger partial charge < -0.3 is 4.90 Å². The fraction of sp³-hybridized carbons (Fsp3) is 0.182. The molecule has 0 N–H and O–H groups in total. The molecule has 0 saturated carbocycles. The summed E-state index contributed by atoms with van der Waals surface area (Å²) < 4.78 is 13.5. The van der Waals surface area contributed by atoms with Crippen molar-refractivity contribution in [2.24, 2.45) is 0 Å². The molecule has 5 rings (SSSR count). The summed E-state index contributed by atoms with van der Waals surface area (Å²) >= 11 is 0. The molecule has 4 aromatic rings. The van der Waals surface area contributed by atoms with Gasteiger partial charge in [0.2, 0.25) is 0 Å². The maximum atomic E-state index is 14.5. The zero-order chi connectivity index (χ0) is 27.6. The number of carbonyl (C=O) groups excluding carboxylic acids is 3. The quantitative estimate of drug-likeness (QED) is 0.153. The van der Waals surface area contributed by atoms with Gasteiger partial charge in [0.25, 0.3) is 5.91 Å². The van der Waals surface area contributed by atoms with Crippen LogP contribution in [-0.4, -0.2) is 39.6 Å². The third-order valence-corrected chi connectivity index (χ3v) is 7.26. The van der Waals surface area contributed by atoms with Crippen molar-refractivity contribution in [2.45, 2.75) is 37.9 Å². The first-order valence-electron chi connectivity index (χ1n) is 13.0. The molecule has 5 nitrogen and oxygen atoms in total. The Morgan fingerprint density at radius 3 is 1.59 bits per heavy atom. The number of nitrogens with zero attached hydrogens (tertiary/aromatic N) is 2. The van der Waals surface area contributed by atoms with E-state index in [1.807, 2.05) is 105 Å². The molecule has 1 unspecified atom stereocenters. The lowest BCUT2D eigenvalue weighted by atomic mass is 9.75. The van der Waals surface area contributed by atoms with Crippen LogP contribution in [-0.2, 0) is 10.3 Å². The minimum absolute atomic E-state index is 0.209. The number of Topliss-reactive ketones (excluding diaryl/α,β-unsaturated/α-hetero) is 1. The van der Waals surface area contributed by atoms with E-state index < -0.39 is 29.3 Å². The summed E-state index contributed by atoms with van der Waals surface area (Å²) in [4.78, 5) is 44.9. The number of ketones is 1. The fourth-order valence-electron chi connectivity index (χ4n) is 5.54. The van der Waals surface area contributed by atoms with Gasteiger partial charge in [-0.1, -0.05) is 91.0 Å². The summed E-state index contributed by atoms with van der Waals surface area (Å²) in [7, 11) is 0. The predicted octanol–water partition coefficient (Wildman–Crippen LogP) is 6.43. The zero-order valence-electron chi connectivity index (χ0n) is 21.8. The highest BCUT2D eigenvalue weighted by Crippen LogP contribution is 2.46. The van der Waals surface area contributed by atoms with Crippen molar-refractivity contribution >= 4 is 17.7 Å². The Hall–Kier alpha value is -4.58. The van der Waals surface area contributed by atoms with Crippen LogP contribution in [0.3, 0.4) is 0 Å². The topological polar surface area (TPSA) is 57.7 Å². The molecule has 1 saturated heterocycles. The number of benzene rings is 4. The van der Waals surface area contributed by atoms with Crippen LogP contribution >= 0.6 is 0 Å². The third-order valence-electron chi connectivity index (χ3n) is 7.26. The molecule has 3 amide bonds. The van der Waals surface area contributed by atoms with Gasteiger partial charge in [-0.25, -0.2) is 14.1 Å². The van der Waals surface area contributed by atoms with Crippen molar-refractivity contribution in [3.8, 4) is 0 Å². The molecule has 0 aliphatic carbocycles. The second-order valence-electron chi connectivity index (χ2n) is 9.92. The Morgan fingerprint density at radius 1 is 0.744 bits per heavy atom. The summed E-state index contributed by atoms with van der Waals surface area (Å²) in [6.07, 6.45) is -0.209. The van der Waals surface area contributed by atoms with E-state index in [0.29, 0.717) is 5.56 Å². The molecule has 39 heavy (non-hydrogen) atoms. The summed E-state index contributed by atoms with van der Waals surface area (Å²) in [6.45, 7) is 3.67. The van der Waals surface area contributed by atoms with Gasteiger partial charge >= 0.3 is 6.03 Å². The molecule has 1 aliphatic heterocycles. The van der Waals surface area contributed by atoms with Crippen LogP contribution in [0.5, 0.6) is 0 Å². The number of amides is 3. The molecule has 1 aliphatic rings. The normalized spacial score (nSPS) is 15.7. The van der Waals surface area contributed by atoms with Crippen LogP contribution in [0.4, 0.5) is 9.18 Å². The lowest BCUT2D eigenvalue weighted by Gasteiger charge is -2.42. The van der Waals surface area contributed by atoms with Crippen LogP contribution in [0.2, 0.25) is 0 Å². The van der Waals surface area contributed by atoms with E-state index in [-0.39, 0.29) is 18.2 Å². The van der Waals surface area contributed by atoms with Gasteiger partial charge in [0.15, 0.2) is 5.78 Å². The minimum atomic E-state index is -1.28. The first-order valence-corrected chi connectivity index (χ1v) is 13.0. The molecule has 0 spiro atoms. The van der Waals surface area contributed by atoms with E-state index in [1.54, 1.807) is 0 Å². The number of hydrogen-bond donors (Lipinski definition) is 0. The van der Waals surface area contributed by atoms with Gasteiger partial charge in [-0.3, -0.25) is 9.59 Å². The van der Waals surface area contributed by atoms with Crippen LogP contribution in [0.15, 0.2) is 115 Å². The van der Waals surface area contributed by atoms with Gasteiger partial charge in [-0.05, 0) is 54.8 Å². The Labute approximate surface area is 227 Å². The number of hydrogen-bond acceptors (Lipinski definition) is 3. The second-order valence-corrected chi connectivity index (χ2v) is 9.92. The third kappa shape index (κ3) is 4.52. The Balaban J connectivity index is 1.70. The van der Waals surface area contributed by atoms with Gasteiger partial charge in [-0.15, -0.1) is 0 Å². The monoisotopic (exact) mass is 520 g/mol. The number of rotatable bonds is 8. The van der Waals surface area contributed by atoms with E-state index in [4.69, 9.17) is 0 Å². The van der Waals surface area contributed by atoms with Gasteiger partial charge in [0.05, 0.1) is 0 Å². The molecule has 0 radical (unpaired) electrons. The van der Waals surface area contributed by atoms with Gasteiger partial charge in [0.1, 0.15) is 17.4 Å². The first-order chi connectivity index (χ1) is 18.9. The number of carbonyl (C=O) groups is 3. The number of halogens is 1. The average molecular weight is 521 g/mol. The zero-order valence-corrected chi connectivity index (χ0v) is 21.8. The van der Waals surface area contributed by atoms with Crippen molar-refractivity contribution in [2.75, 3.05) is 0 Å². The van der Waals surface area contributed by atoms with Crippen molar-refractivity contribution in [3.63, 3.8) is 0 Å². The lowest BCUT2D eigenvalue weighted by Crippen LogP contribution is -2.52. The second kappa shape index (κ2) is 10.7. The van der Waals surface area contributed by atoms with E-state index in [1.165, 1.54) is 34.1 Å². The Morgan fingerprint density at radius 2 is 1.18 bits per heavy atom. The van der Waals surface area contributed by atoms with E-state index in [0.717, 1.165) is 16.7 Å². The Kier molecular flexibility index (Phi) is 7.11. The highest BCUT2D eigenvalue weighted by Gasteiger charge is 2.57. The molecule has 4 aromatic carbocycles. The molecule has 0 aromatic heterocycles. The molecule has 1 atom stereocenters. The van der Waals surface area contributed by atoms with Crippen molar-refractivity contribution in [3.05, 3.63) is 143 Å². The maximum absolute atomic E-state index is 14.5. The van der Waals surface area contributed by atoms with Crippen molar-refractivity contribution in [1.82, 2.24) is 9.80 Å². The molecule has 0 bridgehead atoms. The molecule has 6 heteroatoms. The highest BCUT2D eigenvalue weighted by atomic mass is 19.1. The van der Waals surface area contributed by atoms with E-state index in [9.17, 15) is 18.8 Å². The largest absolute Gasteiger partial charge is 0.329 e. The van der Waals surface area contributed by atoms with Crippen molar-refractivity contribution < 1.29 is 18.8 Å². The predicted molar refractivity (Wildman–Crippen MR) is 148 cm³/mol. The van der Waals surface area contributed by atoms with Crippen LogP contribution in [0.25, 0.3) is 0 Å². The molecular formula is C33H29FN2O3. The molecule has 1 fully saturated rings. The maximum Gasteiger partial charge on any atom is 0.329 e. The summed E-state index contributed by atoms with van der Waals surface area (Å²) in [5, 5.41) is 0. The van der Waals surface area contributed by atoms with Crippen LogP contribution in [0, 0.1) is 5.82 Å². The minimum Gasteiger partial charge on any atom is -0.309 e. The van der Waals surface area contributed by atoms with Gasteiger partial charge in [0, 0.05) is 18.0 Å². The number of urea groups is 1. The molecule has 196 valence electrons. The van der Waals surface area contributed by atoms with Crippen LogP contribution < -0.4 is 0 Å². The van der Waals surface area contributed by atoms with E-state index in [2.05, 4.69) is 0 Å². The summed E-state index contributed by atoms with van der Waals surface area (Å²) in [5.41, 5.74) is 1.26. The first kappa shape index (κ1) is 26.0. The smallest absolute Gasteiger partial charge is 0.309 e. The lowest BCUT2D eigenvalue weighted by molar-refractivity contribution is -0.131. The van der Waals surface area contributed by atoms with E-state index >= 15 is 0 Å². The Bertz CT molecular complexity index is 1380. The summed E-state index contributed by atoms with van der Waals surface area (Å²) in [5.74, 6) is -1.24. The molecule has 1 heterocycles.